The summed E-state index contributed by atoms with van der Waals surface area (Å²) in [6.07, 6.45) is -0.555. The van der Waals surface area contributed by atoms with E-state index in [-0.39, 0.29) is 11.4 Å². The number of aliphatic hydroxyl groups is 1. The first-order valence-corrected chi connectivity index (χ1v) is 6.83. The molecule has 1 atom stereocenters. The van der Waals surface area contributed by atoms with Crippen molar-refractivity contribution in [1.82, 2.24) is 0 Å². The molecule has 0 fully saturated rings. The quantitative estimate of drug-likeness (QED) is 0.933. The van der Waals surface area contributed by atoms with Crippen molar-refractivity contribution in [1.29, 1.82) is 0 Å². The number of benzene rings is 2. The van der Waals surface area contributed by atoms with Crippen LogP contribution in [0.1, 0.15) is 28.4 Å². The van der Waals surface area contributed by atoms with E-state index >= 15 is 0 Å². The highest BCUT2D eigenvalue weighted by Crippen LogP contribution is 2.27. The summed E-state index contributed by atoms with van der Waals surface area (Å²) in [4.78, 5) is 0. The van der Waals surface area contributed by atoms with Crippen molar-refractivity contribution in [2.24, 2.45) is 0 Å². The van der Waals surface area contributed by atoms with Crippen LogP contribution in [0.4, 0.5) is 4.39 Å². The Morgan fingerprint density at radius 1 is 1.20 bits per heavy atom. The average molecular weight is 293 g/mol. The molecule has 104 valence electrons. The Kier molecular flexibility index (Phi) is 3.74. The van der Waals surface area contributed by atoms with Crippen LogP contribution < -0.4 is 0 Å². The Hall–Kier alpha value is -1.42. The van der Waals surface area contributed by atoms with Crippen molar-refractivity contribution in [2.75, 3.05) is 0 Å². The third-order valence-electron chi connectivity index (χ3n) is 3.58. The van der Waals surface area contributed by atoms with E-state index in [2.05, 4.69) is 0 Å². The molecule has 2 nitrogen and oxygen atoms in total. The summed E-state index contributed by atoms with van der Waals surface area (Å²) >= 11 is 5.75. The molecule has 0 radical (unpaired) electrons. The predicted molar refractivity (Wildman–Crippen MR) is 75.0 cm³/mol. The van der Waals surface area contributed by atoms with E-state index in [1.165, 1.54) is 6.07 Å². The molecule has 2 aromatic carbocycles. The molecule has 1 unspecified atom stereocenters. The van der Waals surface area contributed by atoms with Gasteiger partial charge < -0.3 is 9.84 Å². The fraction of sp³-hybridized carbons (Fsp3) is 0.250. The average Bonchev–Trinajstić information content (AvgIpc) is 2.91. The van der Waals surface area contributed by atoms with Crippen LogP contribution in [0, 0.1) is 5.82 Å². The highest BCUT2D eigenvalue weighted by Gasteiger charge is 2.17. The molecule has 0 aliphatic carbocycles. The first-order valence-electron chi connectivity index (χ1n) is 6.45. The zero-order chi connectivity index (χ0) is 14.1. The van der Waals surface area contributed by atoms with Gasteiger partial charge in [-0.3, -0.25) is 0 Å². The molecule has 0 saturated carbocycles. The summed E-state index contributed by atoms with van der Waals surface area (Å²) < 4.78 is 19.2. The molecule has 0 spiro atoms. The molecular formula is C16H14ClFO2. The second-order valence-electron chi connectivity index (χ2n) is 4.95. The third-order valence-corrected chi connectivity index (χ3v) is 3.87. The van der Waals surface area contributed by atoms with E-state index in [4.69, 9.17) is 16.3 Å². The highest BCUT2D eigenvalue weighted by atomic mass is 35.5. The molecule has 0 bridgehead atoms. The SMILES string of the molecule is OC(Cc1cccc(Cl)c1F)c1ccc2c(c1)COC2. The lowest BCUT2D eigenvalue weighted by Gasteiger charge is -2.13. The first-order chi connectivity index (χ1) is 9.65. The van der Waals surface area contributed by atoms with Gasteiger partial charge in [0.15, 0.2) is 0 Å². The molecule has 0 aromatic heterocycles. The van der Waals surface area contributed by atoms with E-state index in [0.717, 1.165) is 16.7 Å². The number of fused-ring (bicyclic) bond motifs is 1. The number of halogens is 2. The Labute approximate surface area is 121 Å². The molecule has 0 amide bonds. The van der Waals surface area contributed by atoms with Crippen molar-refractivity contribution < 1.29 is 14.2 Å². The molecule has 1 N–H and O–H groups in total. The van der Waals surface area contributed by atoms with Crippen LogP contribution in [-0.2, 0) is 24.4 Å². The summed E-state index contributed by atoms with van der Waals surface area (Å²) in [5, 5.41) is 10.4. The van der Waals surface area contributed by atoms with Gasteiger partial charge in [0.25, 0.3) is 0 Å². The van der Waals surface area contributed by atoms with Gasteiger partial charge in [-0.15, -0.1) is 0 Å². The van der Waals surface area contributed by atoms with Crippen LogP contribution in [0.15, 0.2) is 36.4 Å². The Morgan fingerprint density at radius 3 is 2.85 bits per heavy atom. The maximum atomic E-state index is 13.8. The lowest BCUT2D eigenvalue weighted by atomic mass is 9.98. The smallest absolute Gasteiger partial charge is 0.145 e. The van der Waals surface area contributed by atoms with Crippen LogP contribution in [0.3, 0.4) is 0 Å². The lowest BCUT2D eigenvalue weighted by Crippen LogP contribution is -2.04. The van der Waals surface area contributed by atoms with Crippen LogP contribution in [0.5, 0.6) is 0 Å². The van der Waals surface area contributed by atoms with Gasteiger partial charge in [-0.05, 0) is 28.3 Å². The maximum absolute atomic E-state index is 13.8. The Morgan fingerprint density at radius 2 is 2.00 bits per heavy atom. The summed E-state index contributed by atoms with van der Waals surface area (Å²) in [5.74, 6) is -0.460. The van der Waals surface area contributed by atoms with E-state index in [1.807, 2.05) is 18.2 Å². The standard InChI is InChI=1S/C16H14ClFO2/c17-14-3-1-2-11(16(14)18)7-15(19)10-4-5-12-8-20-9-13(12)6-10/h1-6,15,19H,7-9H2. The fourth-order valence-corrected chi connectivity index (χ4v) is 2.63. The van der Waals surface area contributed by atoms with Crippen molar-refractivity contribution in [3.05, 3.63) is 69.5 Å². The summed E-state index contributed by atoms with van der Waals surface area (Å²) in [5.41, 5.74) is 3.43. The van der Waals surface area contributed by atoms with Crippen molar-refractivity contribution in [3.63, 3.8) is 0 Å². The second-order valence-corrected chi connectivity index (χ2v) is 5.36. The Balaban J connectivity index is 1.82. The zero-order valence-corrected chi connectivity index (χ0v) is 11.5. The van der Waals surface area contributed by atoms with E-state index in [1.54, 1.807) is 12.1 Å². The fourth-order valence-electron chi connectivity index (χ4n) is 2.43. The third kappa shape index (κ3) is 2.57. The molecule has 4 heteroatoms. The van der Waals surface area contributed by atoms with Gasteiger partial charge in [0.2, 0.25) is 0 Å². The van der Waals surface area contributed by atoms with Gasteiger partial charge in [0, 0.05) is 6.42 Å². The molecular weight excluding hydrogens is 279 g/mol. The Bertz CT molecular complexity index is 642. The number of rotatable bonds is 3. The van der Waals surface area contributed by atoms with E-state index < -0.39 is 11.9 Å². The molecule has 1 aliphatic heterocycles. The normalized spacial score (nSPS) is 15.2. The van der Waals surface area contributed by atoms with Crippen molar-refractivity contribution in [3.8, 4) is 0 Å². The van der Waals surface area contributed by atoms with Crippen LogP contribution in [0.2, 0.25) is 5.02 Å². The number of hydrogen-bond acceptors (Lipinski definition) is 2. The largest absolute Gasteiger partial charge is 0.388 e. The van der Waals surface area contributed by atoms with Crippen LogP contribution >= 0.6 is 11.6 Å². The number of aliphatic hydroxyl groups excluding tert-OH is 1. The summed E-state index contributed by atoms with van der Waals surface area (Å²) in [6.45, 7) is 1.19. The van der Waals surface area contributed by atoms with Gasteiger partial charge in [-0.2, -0.15) is 0 Å². The topological polar surface area (TPSA) is 29.5 Å². The van der Waals surface area contributed by atoms with Gasteiger partial charge in [-0.25, -0.2) is 4.39 Å². The summed E-state index contributed by atoms with van der Waals surface area (Å²) in [7, 11) is 0. The maximum Gasteiger partial charge on any atom is 0.145 e. The van der Waals surface area contributed by atoms with Crippen molar-refractivity contribution in [2.45, 2.75) is 25.7 Å². The number of ether oxygens (including phenoxy) is 1. The van der Waals surface area contributed by atoms with E-state index in [9.17, 15) is 9.50 Å². The molecule has 2 aromatic rings. The minimum Gasteiger partial charge on any atom is -0.388 e. The van der Waals surface area contributed by atoms with Crippen molar-refractivity contribution >= 4 is 11.6 Å². The predicted octanol–water partition coefficient (Wildman–Crippen LogP) is 3.79. The number of hydrogen-bond donors (Lipinski definition) is 1. The van der Waals surface area contributed by atoms with Gasteiger partial charge in [0.05, 0.1) is 24.3 Å². The molecule has 20 heavy (non-hydrogen) atoms. The zero-order valence-electron chi connectivity index (χ0n) is 10.8. The minimum absolute atomic E-state index is 0.0806. The summed E-state index contributed by atoms with van der Waals surface area (Å²) in [6, 6.07) is 10.6. The van der Waals surface area contributed by atoms with Gasteiger partial charge in [0.1, 0.15) is 5.82 Å². The molecule has 1 heterocycles. The second kappa shape index (κ2) is 5.52. The minimum atomic E-state index is -0.756. The van der Waals surface area contributed by atoms with Gasteiger partial charge >= 0.3 is 0 Å². The lowest BCUT2D eigenvalue weighted by molar-refractivity contribution is 0.134. The van der Waals surface area contributed by atoms with Gasteiger partial charge in [-0.1, -0.05) is 41.9 Å². The molecule has 1 aliphatic rings. The van der Waals surface area contributed by atoms with E-state index in [0.29, 0.717) is 18.8 Å². The highest BCUT2D eigenvalue weighted by molar-refractivity contribution is 6.30. The van der Waals surface area contributed by atoms with Crippen LogP contribution in [0.25, 0.3) is 0 Å². The van der Waals surface area contributed by atoms with Crippen LogP contribution in [-0.4, -0.2) is 5.11 Å². The first kappa shape index (κ1) is 13.6. The monoisotopic (exact) mass is 292 g/mol. The molecule has 0 saturated heterocycles. The molecule has 3 rings (SSSR count).